The Morgan fingerprint density at radius 3 is 2.50 bits per heavy atom. The van der Waals surface area contributed by atoms with Gasteiger partial charge in [-0.1, -0.05) is 0 Å². The number of carboxylic acids is 1. The largest absolute Gasteiger partial charge is 0.480 e. The Hall–Kier alpha value is -1.67. The van der Waals surface area contributed by atoms with Gasteiger partial charge in [-0.25, -0.2) is 4.79 Å². The van der Waals surface area contributed by atoms with E-state index in [4.69, 9.17) is 15.6 Å². The summed E-state index contributed by atoms with van der Waals surface area (Å²) in [5.74, 6) is -2.16. The van der Waals surface area contributed by atoms with Crippen LogP contribution in [0.4, 0.5) is 0 Å². The van der Waals surface area contributed by atoms with Gasteiger partial charge in [-0.2, -0.15) is 0 Å². The van der Waals surface area contributed by atoms with Gasteiger partial charge in [0.1, 0.15) is 6.04 Å². The second-order valence-electron chi connectivity index (χ2n) is 3.57. The summed E-state index contributed by atoms with van der Waals surface area (Å²) >= 11 is 0. The number of ether oxygens (including phenoxy) is 1. The highest BCUT2D eigenvalue weighted by atomic mass is 16.5. The second-order valence-corrected chi connectivity index (χ2v) is 3.57. The van der Waals surface area contributed by atoms with Crippen LogP contribution in [-0.4, -0.2) is 55.7 Å². The summed E-state index contributed by atoms with van der Waals surface area (Å²) in [5.41, 5.74) is 5.04. The molecule has 1 unspecified atom stereocenters. The predicted molar refractivity (Wildman–Crippen MR) is 62.7 cm³/mol. The fraction of sp³-hybridized carbons (Fsp3) is 0.700. The number of aliphatic carboxylic acids is 1. The molecule has 0 heterocycles. The molecule has 0 radical (unpaired) electrons. The van der Waals surface area contributed by atoms with Crippen LogP contribution < -0.4 is 16.4 Å². The van der Waals surface area contributed by atoms with Gasteiger partial charge < -0.3 is 26.2 Å². The number of hydrogen-bond acceptors (Lipinski definition) is 5. The molecule has 8 heteroatoms. The first-order chi connectivity index (χ1) is 8.51. The lowest BCUT2D eigenvalue weighted by Gasteiger charge is -2.14. The first kappa shape index (κ1) is 16.3. The molecule has 0 aliphatic heterocycles. The van der Waals surface area contributed by atoms with E-state index in [2.05, 4.69) is 10.6 Å². The molecule has 8 nitrogen and oxygen atoms in total. The van der Waals surface area contributed by atoms with Gasteiger partial charge in [0.15, 0.2) is 0 Å². The lowest BCUT2D eigenvalue weighted by atomic mass is 10.1. The Balaban J connectivity index is 4.03. The van der Waals surface area contributed by atoms with Crippen molar-refractivity contribution in [3.63, 3.8) is 0 Å². The monoisotopic (exact) mass is 261 g/mol. The Morgan fingerprint density at radius 2 is 2.00 bits per heavy atom. The highest BCUT2D eigenvalue weighted by molar-refractivity contribution is 5.88. The van der Waals surface area contributed by atoms with E-state index in [0.29, 0.717) is 13.0 Å². The summed E-state index contributed by atoms with van der Waals surface area (Å²) < 4.78 is 4.79. The van der Waals surface area contributed by atoms with Crippen LogP contribution >= 0.6 is 0 Å². The van der Waals surface area contributed by atoms with Gasteiger partial charge in [-0.05, 0) is 12.8 Å². The van der Waals surface area contributed by atoms with Crippen LogP contribution in [0, 0.1) is 0 Å². The third kappa shape index (κ3) is 7.58. The lowest BCUT2D eigenvalue weighted by Crippen LogP contribution is -2.46. The molecule has 0 bridgehead atoms. The van der Waals surface area contributed by atoms with Gasteiger partial charge in [0.25, 0.3) is 0 Å². The summed E-state index contributed by atoms with van der Waals surface area (Å²) in [6.07, 6.45) is 0.780. The standard InChI is InChI=1S/C10H19N3O5/c1-18-4-2-3-7(10(16)17)13-9(15)6-12-8(14)5-11/h7H,2-6,11H2,1H3,(H,12,14)(H,13,15)(H,16,17). The zero-order valence-corrected chi connectivity index (χ0v) is 10.3. The molecule has 0 aliphatic carbocycles. The van der Waals surface area contributed by atoms with Crippen LogP contribution in [0.2, 0.25) is 0 Å². The van der Waals surface area contributed by atoms with Gasteiger partial charge in [0.05, 0.1) is 13.1 Å². The molecule has 1 atom stereocenters. The molecule has 0 fully saturated rings. The van der Waals surface area contributed by atoms with Crippen LogP contribution in [0.15, 0.2) is 0 Å². The average Bonchev–Trinajstić information content (AvgIpc) is 2.34. The number of carboxylic acid groups (broad SMARTS) is 1. The van der Waals surface area contributed by atoms with Crippen LogP contribution in [0.3, 0.4) is 0 Å². The predicted octanol–water partition coefficient (Wildman–Crippen LogP) is -1.94. The number of nitrogens with one attached hydrogen (secondary N) is 2. The topological polar surface area (TPSA) is 131 Å². The molecule has 0 rings (SSSR count). The van der Waals surface area contributed by atoms with Crippen LogP contribution in [0.5, 0.6) is 0 Å². The molecule has 0 saturated carbocycles. The average molecular weight is 261 g/mol. The Morgan fingerprint density at radius 1 is 1.33 bits per heavy atom. The minimum Gasteiger partial charge on any atom is -0.480 e. The summed E-state index contributed by atoms with van der Waals surface area (Å²) in [6.45, 7) is -0.0862. The molecule has 0 aromatic rings. The van der Waals surface area contributed by atoms with Crippen molar-refractivity contribution in [1.82, 2.24) is 10.6 Å². The highest BCUT2D eigenvalue weighted by Crippen LogP contribution is 1.98. The molecule has 2 amide bonds. The third-order valence-electron chi connectivity index (χ3n) is 2.11. The molecule has 104 valence electrons. The van der Waals surface area contributed by atoms with E-state index in [0.717, 1.165) is 0 Å². The lowest BCUT2D eigenvalue weighted by molar-refractivity contribution is -0.142. The van der Waals surface area contributed by atoms with Crippen molar-refractivity contribution in [3.05, 3.63) is 0 Å². The summed E-state index contributed by atoms with van der Waals surface area (Å²) in [7, 11) is 1.51. The third-order valence-corrected chi connectivity index (χ3v) is 2.11. The summed E-state index contributed by atoms with van der Waals surface area (Å²) in [4.78, 5) is 33.0. The number of amides is 2. The van der Waals surface area contributed by atoms with Gasteiger partial charge >= 0.3 is 5.97 Å². The van der Waals surface area contributed by atoms with Crippen molar-refractivity contribution < 1.29 is 24.2 Å². The number of rotatable bonds is 9. The number of carbonyl (C=O) groups is 3. The van der Waals surface area contributed by atoms with Gasteiger partial charge in [0, 0.05) is 13.7 Å². The molecular weight excluding hydrogens is 242 g/mol. The fourth-order valence-corrected chi connectivity index (χ4v) is 1.19. The zero-order chi connectivity index (χ0) is 14.0. The maximum atomic E-state index is 11.3. The van der Waals surface area contributed by atoms with Gasteiger partial charge in [-0.3, -0.25) is 9.59 Å². The Bertz CT molecular complexity index is 295. The second kappa shape index (κ2) is 9.37. The minimum atomic E-state index is -1.12. The van der Waals surface area contributed by atoms with Gasteiger partial charge in [-0.15, -0.1) is 0 Å². The fourth-order valence-electron chi connectivity index (χ4n) is 1.19. The Kier molecular flexibility index (Phi) is 8.50. The first-order valence-corrected chi connectivity index (χ1v) is 5.49. The van der Waals surface area contributed by atoms with Crippen LogP contribution in [-0.2, 0) is 19.1 Å². The molecule has 0 aromatic heterocycles. The van der Waals surface area contributed by atoms with E-state index < -0.39 is 23.8 Å². The van der Waals surface area contributed by atoms with Crippen molar-refractivity contribution in [3.8, 4) is 0 Å². The molecule has 18 heavy (non-hydrogen) atoms. The number of nitrogens with two attached hydrogens (primary N) is 1. The summed E-state index contributed by atoms with van der Waals surface area (Å²) in [6, 6.07) is -0.984. The van der Waals surface area contributed by atoms with E-state index in [1.807, 2.05) is 0 Å². The smallest absolute Gasteiger partial charge is 0.326 e. The normalized spacial score (nSPS) is 11.7. The van der Waals surface area contributed by atoms with E-state index >= 15 is 0 Å². The number of carbonyl (C=O) groups excluding carboxylic acids is 2. The molecular formula is C10H19N3O5. The van der Waals surface area contributed by atoms with Crippen LogP contribution in [0.25, 0.3) is 0 Å². The van der Waals surface area contributed by atoms with E-state index in [1.165, 1.54) is 7.11 Å². The zero-order valence-electron chi connectivity index (χ0n) is 10.3. The maximum Gasteiger partial charge on any atom is 0.326 e. The number of hydrogen-bond donors (Lipinski definition) is 4. The number of methoxy groups -OCH3 is 1. The molecule has 0 aliphatic rings. The van der Waals surface area contributed by atoms with E-state index in [-0.39, 0.29) is 19.5 Å². The molecule has 5 N–H and O–H groups in total. The van der Waals surface area contributed by atoms with Crippen molar-refractivity contribution in [2.24, 2.45) is 5.73 Å². The molecule has 0 aromatic carbocycles. The van der Waals surface area contributed by atoms with Crippen molar-refractivity contribution in [1.29, 1.82) is 0 Å². The highest BCUT2D eigenvalue weighted by Gasteiger charge is 2.19. The first-order valence-electron chi connectivity index (χ1n) is 5.49. The van der Waals surface area contributed by atoms with Crippen LogP contribution in [0.1, 0.15) is 12.8 Å². The van der Waals surface area contributed by atoms with Gasteiger partial charge in [0.2, 0.25) is 11.8 Å². The van der Waals surface area contributed by atoms with Crippen molar-refractivity contribution in [2.75, 3.05) is 26.8 Å². The Labute approximate surface area is 105 Å². The van der Waals surface area contributed by atoms with Crippen molar-refractivity contribution in [2.45, 2.75) is 18.9 Å². The van der Waals surface area contributed by atoms with Crippen molar-refractivity contribution >= 4 is 17.8 Å². The minimum absolute atomic E-state index is 0.219. The molecule has 0 spiro atoms. The SMILES string of the molecule is COCCCC(NC(=O)CNC(=O)CN)C(=O)O. The van der Waals surface area contributed by atoms with E-state index in [1.54, 1.807) is 0 Å². The quantitative estimate of drug-likeness (QED) is 0.357. The molecule has 0 saturated heterocycles. The van der Waals surface area contributed by atoms with E-state index in [9.17, 15) is 14.4 Å². The maximum absolute atomic E-state index is 11.3. The summed E-state index contributed by atoms with van der Waals surface area (Å²) in [5, 5.41) is 13.4.